The van der Waals surface area contributed by atoms with E-state index in [2.05, 4.69) is 10.4 Å². The van der Waals surface area contributed by atoms with Gasteiger partial charge in [-0.1, -0.05) is 19.9 Å². The average Bonchev–Trinajstić information content (AvgIpc) is 3.17. The Balaban J connectivity index is 2.21. The molecular weight excluding hydrogens is 372 g/mol. The van der Waals surface area contributed by atoms with Crippen LogP contribution in [0.3, 0.4) is 0 Å². The quantitative estimate of drug-likeness (QED) is 0.740. The number of thiophene rings is 1. The third-order valence-corrected chi connectivity index (χ3v) is 7.62. The molecule has 144 valence electrons. The Labute approximate surface area is 159 Å². The third-order valence-electron chi connectivity index (χ3n) is 4.26. The minimum Gasteiger partial charge on any atom is -0.347 e. The number of nitrogens with one attached hydrogen (secondary N) is 1. The zero-order valence-electron chi connectivity index (χ0n) is 15.8. The van der Waals surface area contributed by atoms with Crippen LogP contribution in [0.2, 0.25) is 0 Å². The van der Waals surface area contributed by atoms with E-state index < -0.39 is 10.0 Å². The molecule has 1 atom stereocenters. The number of nitrogens with zero attached hydrogens (tertiary/aromatic N) is 3. The zero-order valence-corrected chi connectivity index (χ0v) is 17.4. The Hall–Kier alpha value is -1.71. The SMILES string of the molecule is CCN(CC)S(=O)(=O)c1c(C)nn(CC(=O)NC(C)c2cccs2)c1C. The van der Waals surface area contributed by atoms with E-state index in [9.17, 15) is 13.2 Å². The second-order valence-corrected chi connectivity index (χ2v) is 8.91. The summed E-state index contributed by atoms with van der Waals surface area (Å²) in [5, 5.41) is 9.17. The van der Waals surface area contributed by atoms with Gasteiger partial charge in [0.25, 0.3) is 0 Å². The molecule has 1 amide bonds. The van der Waals surface area contributed by atoms with Crippen molar-refractivity contribution in [2.24, 2.45) is 0 Å². The Morgan fingerprint density at radius 1 is 1.35 bits per heavy atom. The van der Waals surface area contributed by atoms with Crippen molar-refractivity contribution >= 4 is 27.3 Å². The number of hydrogen-bond donors (Lipinski definition) is 1. The predicted molar refractivity (Wildman–Crippen MR) is 103 cm³/mol. The smallest absolute Gasteiger partial charge is 0.246 e. The van der Waals surface area contributed by atoms with Crippen LogP contribution in [0.5, 0.6) is 0 Å². The highest BCUT2D eigenvalue weighted by molar-refractivity contribution is 7.89. The Morgan fingerprint density at radius 2 is 2.00 bits per heavy atom. The maximum absolute atomic E-state index is 12.8. The van der Waals surface area contributed by atoms with Crippen molar-refractivity contribution in [3.05, 3.63) is 33.8 Å². The first-order valence-electron chi connectivity index (χ1n) is 8.59. The molecule has 2 heterocycles. The van der Waals surface area contributed by atoms with Gasteiger partial charge in [-0.15, -0.1) is 11.3 Å². The fourth-order valence-electron chi connectivity index (χ4n) is 2.93. The second-order valence-electron chi connectivity index (χ2n) is 6.05. The van der Waals surface area contributed by atoms with Crippen molar-refractivity contribution in [1.82, 2.24) is 19.4 Å². The van der Waals surface area contributed by atoms with Gasteiger partial charge in [-0.2, -0.15) is 9.40 Å². The van der Waals surface area contributed by atoms with Gasteiger partial charge in [0.2, 0.25) is 15.9 Å². The van der Waals surface area contributed by atoms with Crippen molar-refractivity contribution in [2.45, 2.75) is 52.1 Å². The molecule has 2 rings (SSSR count). The summed E-state index contributed by atoms with van der Waals surface area (Å²) >= 11 is 1.58. The molecule has 0 aliphatic carbocycles. The van der Waals surface area contributed by atoms with E-state index in [0.29, 0.717) is 24.5 Å². The summed E-state index contributed by atoms with van der Waals surface area (Å²) in [6.07, 6.45) is 0. The number of aryl methyl sites for hydroxylation is 1. The summed E-state index contributed by atoms with van der Waals surface area (Å²) in [5.74, 6) is -0.205. The first-order valence-corrected chi connectivity index (χ1v) is 10.9. The lowest BCUT2D eigenvalue weighted by atomic mass is 10.3. The Morgan fingerprint density at radius 3 is 2.54 bits per heavy atom. The zero-order chi connectivity index (χ0) is 19.5. The monoisotopic (exact) mass is 398 g/mol. The van der Waals surface area contributed by atoms with Crippen molar-refractivity contribution in [3.8, 4) is 0 Å². The molecule has 0 spiro atoms. The number of amides is 1. The van der Waals surface area contributed by atoms with Gasteiger partial charge in [-0.05, 0) is 32.2 Å². The van der Waals surface area contributed by atoms with Gasteiger partial charge in [0.05, 0.1) is 17.4 Å². The maximum Gasteiger partial charge on any atom is 0.246 e. The van der Waals surface area contributed by atoms with E-state index in [0.717, 1.165) is 4.88 Å². The number of carbonyl (C=O) groups is 1. The van der Waals surface area contributed by atoms with Crippen LogP contribution >= 0.6 is 11.3 Å². The molecule has 0 bridgehead atoms. The van der Waals surface area contributed by atoms with Gasteiger partial charge in [0.1, 0.15) is 11.4 Å². The summed E-state index contributed by atoms with van der Waals surface area (Å²) in [5.41, 5.74) is 0.891. The van der Waals surface area contributed by atoms with Crippen LogP contribution in [0.4, 0.5) is 0 Å². The molecule has 0 saturated heterocycles. The fourth-order valence-corrected chi connectivity index (χ4v) is 5.50. The van der Waals surface area contributed by atoms with E-state index in [4.69, 9.17) is 0 Å². The molecule has 26 heavy (non-hydrogen) atoms. The highest BCUT2D eigenvalue weighted by Gasteiger charge is 2.29. The highest BCUT2D eigenvalue weighted by atomic mass is 32.2. The van der Waals surface area contributed by atoms with Crippen LogP contribution in [0.25, 0.3) is 0 Å². The lowest BCUT2D eigenvalue weighted by molar-refractivity contribution is -0.122. The highest BCUT2D eigenvalue weighted by Crippen LogP contribution is 2.23. The molecule has 0 fully saturated rings. The largest absolute Gasteiger partial charge is 0.347 e. The average molecular weight is 399 g/mol. The molecule has 0 radical (unpaired) electrons. The molecule has 1 unspecified atom stereocenters. The molecular formula is C17H26N4O3S2. The molecule has 9 heteroatoms. The number of sulfonamides is 1. The Kier molecular flexibility index (Phi) is 6.59. The van der Waals surface area contributed by atoms with Gasteiger partial charge in [0.15, 0.2) is 0 Å². The van der Waals surface area contributed by atoms with Crippen LogP contribution in [-0.4, -0.2) is 41.5 Å². The molecule has 2 aromatic heterocycles. The second kappa shape index (κ2) is 8.32. The van der Waals surface area contributed by atoms with Gasteiger partial charge in [-0.3, -0.25) is 9.48 Å². The number of carbonyl (C=O) groups excluding carboxylic acids is 1. The molecule has 7 nitrogen and oxygen atoms in total. The molecule has 0 aliphatic rings. The van der Waals surface area contributed by atoms with Crippen molar-refractivity contribution in [1.29, 1.82) is 0 Å². The summed E-state index contributed by atoms with van der Waals surface area (Å²) < 4.78 is 28.5. The van der Waals surface area contributed by atoms with Gasteiger partial charge < -0.3 is 5.32 Å². The minimum atomic E-state index is -3.62. The van der Waals surface area contributed by atoms with Crippen molar-refractivity contribution < 1.29 is 13.2 Å². The normalized spacial score (nSPS) is 13.2. The summed E-state index contributed by atoms with van der Waals surface area (Å²) in [6, 6.07) is 3.81. The molecule has 2 aromatic rings. The minimum absolute atomic E-state index is 0.0177. The first kappa shape index (κ1) is 20.6. The fraction of sp³-hybridized carbons (Fsp3) is 0.529. The maximum atomic E-state index is 12.8. The lowest BCUT2D eigenvalue weighted by Gasteiger charge is -2.18. The van der Waals surface area contributed by atoms with Gasteiger partial charge >= 0.3 is 0 Å². The van der Waals surface area contributed by atoms with Crippen molar-refractivity contribution in [2.75, 3.05) is 13.1 Å². The predicted octanol–water partition coefficient (Wildman–Crippen LogP) is 2.47. The molecule has 0 aromatic carbocycles. The third kappa shape index (κ3) is 4.16. The topological polar surface area (TPSA) is 84.3 Å². The molecule has 1 N–H and O–H groups in total. The van der Waals surface area contributed by atoms with Crippen LogP contribution in [0, 0.1) is 13.8 Å². The van der Waals surface area contributed by atoms with Crippen LogP contribution < -0.4 is 5.32 Å². The summed E-state index contributed by atoms with van der Waals surface area (Å²) in [6.45, 7) is 9.63. The number of rotatable bonds is 8. The van der Waals surface area contributed by atoms with E-state index in [1.165, 1.54) is 8.99 Å². The standard InChI is InChI=1S/C17H26N4O3S2/c1-6-20(7-2)26(23,24)17-13(4)19-21(14(17)5)11-16(22)18-12(3)15-9-8-10-25-15/h8-10,12H,6-7,11H2,1-5H3,(H,18,22). The number of hydrogen-bond acceptors (Lipinski definition) is 5. The van der Waals surface area contributed by atoms with Gasteiger partial charge in [0, 0.05) is 18.0 Å². The summed E-state index contributed by atoms with van der Waals surface area (Å²) in [4.78, 5) is 13.6. The summed E-state index contributed by atoms with van der Waals surface area (Å²) in [7, 11) is -3.62. The Bertz CT molecular complexity index is 853. The lowest BCUT2D eigenvalue weighted by Crippen LogP contribution is -2.32. The molecule has 0 aliphatic heterocycles. The van der Waals surface area contributed by atoms with E-state index in [1.54, 1.807) is 39.0 Å². The van der Waals surface area contributed by atoms with Crippen molar-refractivity contribution in [3.63, 3.8) is 0 Å². The van der Waals surface area contributed by atoms with E-state index in [-0.39, 0.29) is 23.4 Å². The van der Waals surface area contributed by atoms with Crippen LogP contribution in [0.15, 0.2) is 22.4 Å². The van der Waals surface area contributed by atoms with E-state index >= 15 is 0 Å². The molecule has 0 saturated carbocycles. The number of aromatic nitrogens is 2. The first-order chi connectivity index (χ1) is 12.2. The van der Waals surface area contributed by atoms with E-state index in [1.807, 2.05) is 24.4 Å². The van der Waals surface area contributed by atoms with Crippen LogP contribution in [0.1, 0.15) is 43.1 Å². The van der Waals surface area contributed by atoms with Crippen LogP contribution in [-0.2, 0) is 21.4 Å². The van der Waals surface area contributed by atoms with Gasteiger partial charge in [-0.25, -0.2) is 8.42 Å².